The molecule has 1 aromatic carbocycles. The van der Waals surface area contributed by atoms with Crippen LogP contribution in [0.2, 0.25) is 0 Å². The molecule has 0 spiro atoms. The van der Waals surface area contributed by atoms with E-state index in [9.17, 15) is 19.2 Å². The molecule has 1 aliphatic rings. The molecule has 0 atom stereocenters. The number of hydrogen-bond donors (Lipinski definition) is 2. The number of hydrogen-bond acceptors (Lipinski definition) is 7. The van der Waals surface area contributed by atoms with Crippen molar-refractivity contribution in [1.82, 2.24) is 9.36 Å². The zero-order valence-corrected chi connectivity index (χ0v) is 23.6. The summed E-state index contributed by atoms with van der Waals surface area (Å²) in [6.45, 7) is 1.20. The predicted octanol–water partition coefficient (Wildman–Crippen LogP) is 4.83. The molecule has 0 saturated heterocycles. The van der Waals surface area contributed by atoms with Gasteiger partial charge in [0, 0.05) is 11.9 Å². The lowest BCUT2D eigenvalue weighted by molar-refractivity contribution is -0.119. The standard InChI is InChI=1S/C27H25BrN4O6S/c1-15-23(26(35)32(31(15)2)16-8-4-3-5-9-16)30-24(34)22-17-10-6-7-11-19(17)39-25(22)29-21(33)14-37-27(36)18-12-13-20(28)38-18/h3-5,8-9,12-13H,6-7,10-11,14H2,1-2H3,(H,29,33)(H,30,34). The Bertz CT molecular complexity index is 1630. The third kappa shape index (κ3) is 5.34. The van der Waals surface area contributed by atoms with Crippen LogP contribution in [0.4, 0.5) is 10.7 Å². The molecule has 0 fully saturated rings. The molecule has 0 saturated carbocycles. The van der Waals surface area contributed by atoms with E-state index in [1.54, 1.807) is 24.7 Å². The van der Waals surface area contributed by atoms with Crippen molar-refractivity contribution in [3.05, 3.63) is 84.9 Å². The molecule has 202 valence electrons. The van der Waals surface area contributed by atoms with Gasteiger partial charge in [0.25, 0.3) is 17.4 Å². The Kier molecular flexibility index (Phi) is 7.58. The van der Waals surface area contributed by atoms with E-state index in [0.717, 1.165) is 29.7 Å². The van der Waals surface area contributed by atoms with Crippen molar-refractivity contribution in [3.63, 3.8) is 0 Å². The molecule has 0 aliphatic heterocycles. The number of carbonyl (C=O) groups excluding carboxylic acids is 3. The summed E-state index contributed by atoms with van der Waals surface area (Å²) < 4.78 is 13.7. The van der Waals surface area contributed by atoms with Gasteiger partial charge in [0.15, 0.2) is 11.3 Å². The van der Waals surface area contributed by atoms with E-state index in [1.165, 1.54) is 22.1 Å². The Morgan fingerprint density at radius 2 is 1.82 bits per heavy atom. The number of aromatic nitrogens is 2. The number of aryl methyl sites for hydroxylation is 1. The molecular weight excluding hydrogens is 588 g/mol. The third-order valence-corrected chi connectivity index (χ3v) is 8.19. The number of rotatable bonds is 7. The zero-order chi connectivity index (χ0) is 27.7. The number of ether oxygens (including phenoxy) is 1. The number of fused-ring (bicyclic) bond motifs is 1. The summed E-state index contributed by atoms with van der Waals surface area (Å²) in [6, 6.07) is 12.1. The number of esters is 1. The Labute approximate surface area is 235 Å². The molecule has 3 heterocycles. The van der Waals surface area contributed by atoms with Crippen LogP contribution < -0.4 is 16.2 Å². The van der Waals surface area contributed by atoms with Crippen LogP contribution in [0.3, 0.4) is 0 Å². The summed E-state index contributed by atoms with van der Waals surface area (Å²) in [5, 5.41) is 5.90. The van der Waals surface area contributed by atoms with Crippen molar-refractivity contribution in [3.8, 4) is 5.69 Å². The van der Waals surface area contributed by atoms with Gasteiger partial charge in [-0.05, 0) is 78.4 Å². The van der Waals surface area contributed by atoms with Gasteiger partial charge < -0.3 is 19.8 Å². The number of nitrogens with one attached hydrogen (secondary N) is 2. The zero-order valence-electron chi connectivity index (χ0n) is 21.2. The van der Waals surface area contributed by atoms with Crippen LogP contribution in [0.15, 0.2) is 56.3 Å². The average molecular weight is 613 g/mol. The molecule has 5 rings (SSSR count). The highest BCUT2D eigenvalue weighted by molar-refractivity contribution is 9.10. The van der Waals surface area contributed by atoms with Gasteiger partial charge in [-0.3, -0.25) is 19.1 Å². The first-order valence-electron chi connectivity index (χ1n) is 12.3. The summed E-state index contributed by atoms with van der Waals surface area (Å²) >= 11 is 4.44. The summed E-state index contributed by atoms with van der Waals surface area (Å²) in [7, 11) is 1.75. The first-order chi connectivity index (χ1) is 18.7. The van der Waals surface area contributed by atoms with Crippen LogP contribution in [0.1, 0.15) is 49.9 Å². The first-order valence-corrected chi connectivity index (χ1v) is 13.9. The second-order valence-electron chi connectivity index (χ2n) is 9.03. The highest BCUT2D eigenvalue weighted by atomic mass is 79.9. The minimum Gasteiger partial charge on any atom is -0.450 e. The minimum atomic E-state index is -0.784. The lowest BCUT2D eigenvalue weighted by Crippen LogP contribution is -2.25. The molecule has 12 heteroatoms. The van der Waals surface area contributed by atoms with Gasteiger partial charge in [-0.2, -0.15) is 0 Å². The van der Waals surface area contributed by atoms with Crippen molar-refractivity contribution >= 4 is 55.7 Å². The minimum absolute atomic E-state index is 0.0410. The van der Waals surface area contributed by atoms with Gasteiger partial charge in [0.05, 0.1) is 16.9 Å². The van der Waals surface area contributed by atoms with Crippen molar-refractivity contribution < 1.29 is 23.5 Å². The molecule has 10 nitrogen and oxygen atoms in total. The van der Waals surface area contributed by atoms with Crippen LogP contribution in [0.25, 0.3) is 5.69 Å². The number of para-hydroxylation sites is 1. The molecule has 4 aromatic rings. The molecule has 3 aromatic heterocycles. The molecular formula is C27H25BrN4O6S. The number of thiophene rings is 1. The van der Waals surface area contributed by atoms with E-state index >= 15 is 0 Å². The Morgan fingerprint density at radius 1 is 1.08 bits per heavy atom. The third-order valence-electron chi connectivity index (χ3n) is 6.55. The molecule has 39 heavy (non-hydrogen) atoms. The molecule has 0 bridgehead atoms. The number of benzene rings is 1. The van der Waals surface area contributed by atoms with E-state index in [-0.39, 0.29) is 17.0 Å². The van der Waals surface area contributed by atoms with Crippen molar-refractivity contribution in [2.45, 2.75) is 32.6 Å². The van der Waals surface area contributed by atoms with Crippen LogP contribution >= 0.6 is 27.3 Å². The smallest absolute Gasteiger partial charge is 0.374 e. The normalized spacial score (nSPS) is 12.6. The molecule has 1 aliphatic carbocycles. The van der Waals surface area contributed by atoms with Crippen molar-refractivity contribution in [1.29, 1.82) is 0 Å². The van der Waals surface area contributed by atoms with Gasteiger partial charge in [-0.15, -0.1) is 11.3 Å². The number of furan rings is 1. The molecule has 0 unspecified atom stereocenters. The number of amides is 2. The lowest BCUT2D eigenvalue weighted by atomic mass is 9.95. The quantitative estimate of drug-likeness (QED) is 0.288. The summed E-state index contributed by atoms with van der Waals surface area (Å²) in [5.41, 5.74) is 2.26. The van der Waals surface area contributed by atoms with E-state index in [0.29, 0.717) is 33.0 Å². The van der Waals surface area contributed by atoms with Crippen LogP contribution in [0.5, 0.6) is 0 Å². The van der Waals surface area contributed by atoms with Gasteiger partial charge >= 0.3 is 5.97 Å². The monoisotopic (exact) mass is 612 g/mol. The molecule has 2 amide bonds. The number of anilines is 2. The average Bonchev–Trinajstić information content (AvgIpc) is 3.58. The maximum absolute atomic E-state index is 13.6. The second kappa shape index (κ2) is 11.1. The van der Waals surface area contributed by atoms with Gasteiger partial charge in [0.1, 0.15) is 10.7 Å². The predicted molar refractivity (Wildman–Crippen MR) is 150 cm³/mol. The molecule has 0 radical (unpaired) electrons. The SMILES string of the molecule is Cc1c(NC(=O)c2c(NC(=O)COC(=O)c3ccc(Br)o3)sc3c2CCCC3)c(=O)n(-c2ccccc2)n1C. The number of halogens is 1. The van der Waals surface area contributed by atoms with E-state index in [2.05, 4.69) is 26.6 Å². The van der Waals surface area contributed by atoms with Crippen LogP contribution in [-0.2, 0) is 29.4 Å². The number of carbonyl (C=O) groups is 3. The van der Waals surface area contributed by atoms with Gasteiger partial charge in [0.2, 0.25) is 5.76 Å². The molecule has 2 N–H and O–H groups in total. The van der Waals surface area contributed by atoms with E-state index in [4.69, 9.17) is 9.15 Å². The summed E-state index contributed by atoms with van der Waals surface area (Å²) in [5.74, 6) is -1.90. The summed E-state index contributed by atoms with van der Waals surface area (Å²) in [6.07, 6.45) is 3.38. The van der Waals surface area contributed by atoms with Gasteiger partial charge in [-0.25, -0.2) is 9.48 Å². The van der Waals surface area contributed by atoms with Crippen molar-refractivity contribution in [2.75, 3.05) is 17.2 Å². The van der Waals surface area contributed by atoms with Crippen molar-refractivity contribution in [2.24, 2.45) is 7.05 Å². The van der Waals surface area contributed by atoms with Crippen LogP contribution in [-0.4, -0.2) is 33.8 Å². The Balaban J connectivity index is 1.39. The largest absolute Gasteiger partial charge is 0.450 e. The highest BCUT2D eigenvalue weighted by Gasteiger charge is 2.28. The Hall–Kier alpha value is -3.90. The van der Waals surface area contributed by atoms with Crippen LogP contribution in [0, 0.1) is 6.92 Å². The lowest BCUT2D eigenvalue weighted by Gasteiger charge is -2.13. The maximum atomic E-state index is 13.6. The highest BCUT2D eigenvalue weighted by Crippen LogP contribution is 2.38. The fraction of sp³-hybridized carbons (Fsp3) is 0.259. The second-order valence-corrected chi connectivity index (χ2v) is 10.9. The van der Waals surface area contributed by atoms with Gasteiger partial charge in [-0.1, -0.05) is 18.2 Å². The van der Waals surface area contributed by atoms with E-state index in [1.807, 2.05) is 30.3 Å². The number of nitrogens with zero attached hydrogens (tertiary/aromatic N) is 2. The fourth-order valence-electron chi connectivity index (χ4n) is 4.57. The Morgan fingerprint density at radius 3 is 2.54 bits per heavy atom. The fourth-order valence-corrected chi connectivity index (χ4v) is 6.18. The summed E-state index contributed by atoms with van der Waals surface area (Å²) in [4.78, 5) is 52.8. The van der Waals surface area contributed by atoms with E-state index < -0.39 is 24.4 Å². The topological polar surface area (TPSA) is 125 Å². The maximum Gasteiger partial charge on any atom is 0.374 e. The first kappa shape index (κ1) is 26.7.